The molecule has 2 heterocycles. The van der Waals surface area contributed by atoms with Gasteiger partial charge in [-0.2, -0.15) is 0 Å². The van der Waals surface area contributed by atoms with Gasteiger partial charge in [-0.3, -0.25) is 10.1 Å². The van der Waals surface area contributed by atoms with Crippen molar-refractivity contribution in [3.63, 3.8) is 0 Å². The number of halogens is 4. The second kappa shape index (κ2) is 7.72. The molecule has 1 fully saturated rings. The zero-order valence-electron chi connectivity index (χ0n) is 11.6. The Morgan fingerprint density at radius 3 is 2.52 bits per heavy atom. The van der Waals surface area contributed by atoms with Gasteiger partial charge in [0.2, 0.25) is 5.91 Å². The third-order valence-electron chi connectivity index (χ3n) is 2.94. The van der Waals surface area contributed by atoms with E-state index in [2.05, 4.69) is 15.6 Å². The number of alkyl halides is 2. The largest absolute Gasteiger partial charge is 0.376 e. The van der Waals surface area contributed by atoms with Gasteiger partial charge in [0.05, 0.1) is 24.5 Å². The molecule has 5 nitrogen and oxygen atoms in total. The number of amides is 1. The lowest BCUT2D eigenvalue weighted by Gasteiger charge is -2.13. The number of hydrogen-bond donors (Lipinski definition) is 2. The number of carbonyl (C=O) groups excluding carboxylic acids is 1. The summed E-state index contributed by atoms with van der Waals surface area (Å²) in [6.07, 6.45) is 1.13. The maximum absolute atomic E-state index is 13.0. The number of hydrogen-bond acceptors (Lipinski definition) is 4. The molecule has 1 atom stereocenters. The van der Waals surface area contributed by atoms with Crippen molar-refractivity contribution in [3.8, 4) is 0 Å². The maximum Gasteiger partial charge on any atom is 0.262 e. The Morgan fingerprint density at radius 1 is 1.43 bits per heavy atom. The van der Waals surface area contributed by atoms with Crippen LogP contribution in [-0.2, 0) is 4.79 Å². The number of anilines is 2. The number of nitrogens with zero attached hydrogens (tertiary/aromatic N) is 2. The lowest BCUT2D eigenvalue weighted by molar-refractivity contribution is -0.118. The molecule has 1 saturated heterocycles. The van der Waals surface area contributed by atoms with Crippen LogP contribution in [0.4, 0.5) is 20.3 Å². The summed E-state index contributed by atoms with van der Waals surface area (Å²) in [6, 6.07) is 2.56. The summed E-state index contributed by atoms with van der Waals surface area (Å²) in [5, 5.41) is 5.02. The monoisotopic (exact) mass is 342 g/mol. The molecular formula is C12H18Cl2F2N4O. The number of aromatic nitrogens is 1. The average molecular weight is 343 g/mol. The van der Waals surface area contributed by atoms with Crippen molar-refractivity contribution >= 4 is 42.2 Å². The fourth-order valence-corrected chi connectivity index (χ4v) is 1.84. The van der Waals surface area contributed by atoms with Crippen LogP contribution in [0.2, 0.25) is 0 Å². The third kappa shape index (κ3) is 5.26. The van der Waals surface area contributed by atoms with E-state index in [9.17, 15) is 13.6 Å². The molecule has 1 amide bonds. The van der Waals surface area contributed by atoms with Crippen LogP contribution in [0, 0.1) is 0 Å². The van der Waals surface area contributed by atoms with Gasteiger partial charge in [-0.1, -0.05) is 0 Å². The Hall–Kier alpha value is -1.18. The molecule has 0 aromatic carbocycles. The molecule has 0 bridgehead atoms. The predicted octanol–water partition coefficient (Wildman–Crippen LogP) is 1.93. The molecule has 0 saturated carbocycles. The highest BCUT2D eigenvalue weighted by atomic mass is 35.5. The van der Waals surface area contributed by atoms with Crippen molar-refractivity contribution in [2.24, 2.45) is 0 Å². The fraction of sp³-hybridized carbons (Fsp3) is 0.500. The topological polar surface area (TPSA) is 57.3 Å². The number of rotatable bonds is 3. The molecule has 1 unspecified atom stereocenters. The van der Waals surface area contributed by atoms with Crippen LogP contribution >= 0.6 is 24.8 Å². The van der Waals surface area contributed by atoms with Gasteiger partial charge in [0.1, 0.15) is 5.82 Å². The minimum absolute atomic E-state index is 0. The second-order valence-corrected chi connectivity index (χ2v) is 4.78. The van der Waals surface area contributed by atoms with Crippen LogP contribution in [-0.4, -0.2) is 43.5 Å². The van der Waals surface area contributed by atoms with Crippen LogP contribution in [0.25, 0.3) is 0 Å². The first kappa shape index (κ1) is 19.8. The molecule has 9 heteroatoms. The van der Waals surface area contributed by atoms with Gasteiger partial charge in [-0.25, -0.2) is 13.8 Å². The van der Waals surface area contributed by atoms with Gasteiger partial charge in [0, 0.05) is 20.5 Å². The molecule has 0 spiro atoms. The lowest BCUT2D eigenvalue weighted by atomic mass is 10.2. The molecule has 1 aliphatic heterocycles. The van der Waals surface area contributed by atoms with Gasteiger partial charge < -0.3 is 10.2 Å². The Morgan fingerprint density at radius 2 is 2.10 bits per heavy atom. The summed E-state index contributed by atoms with van der Waals surface area (Å²) in [7, 11) is 3.75. The minimum Gasteiger partial charge on any atom is -0.376 e. The first-order valence-electron chi connectivity index (χ1n) is 5.93. The SMILES string of the molecule is CN(C)c1ccc(NC(=O)C2CC(F)(F)CN2)nc1.Cl.Cl. The van der Waals surface area contributed by atoms with E-state index in [-0.39, 0.29) is 24.8 Å². The number of carbonyl (C=O) groups is 1. The van der Waals surface area contributed by atoms with Gasteiger partial charge >= 0.3 is 0 Å². The highest BCUT2D eigenvalue weighted by Gasteiger charge is 2.42. The number of nitrogens with one attached hydrogen (secondary N) is 2. The molecule has 1 aliphatic rings. The van der Waals surface area contributed by atoms with Gasteiger partial charge in [0.25, 0.3) is 5.92 Å². The van der Waals surface area contributed by atoms with Crippen LogP contribution in [0.5, 0.6) is 0 Å². The molecular weight excluding hydrogens is 325 g/mol. The zero-order chi connectivity index (χ0) is 14.0. The Labute approximate surface area is 134 Å². The fourth-order valence-electron chi connectivity index (χ4n) is 1.84. The molecule has 120 valence electrons. The van der Waals surface area contributed by atoms with E-state index in [1.807, 2.05) is 19.0 Å². The molecule has 2 rings (SSSR count). The highest BCUT2D eigenvalue weighted by Crippen LogP contribution is 2.25. The maximum atomic E-state index is 13.0. The van der Waals surface area contributed by atoms with Crippen LogP contribution in [0.15, 0.2) is 18.3 Å². The highest BCUT2D eigenvalue weighted by molar-refractivity contribution is 5.94. The van der Waals surface area contributed by atoms with E-state index in [4.69, 9.17) is 0 Å². The molecule has 2 N–H and O–H groups in total. The molecule has 0 aliphatic carbocycles. The predicted molar refractivity (Wildman–Crippen MR) is 83.0 cm³/mol. The first-order chi connectivity index (χ1) is 8.87. The van der Waals surface area contributed by atoms with Crippen LogP contribution in [0.1, 0.15) is 6.42 Å². The Balaban J connectivity index is 0.00000200. The quantitative estimate of drug-likeness (QED) is 0.881. The second-order valence-electron chi connectivity index (χ2n) is 4.78. The standard InChI is InChI=1S/C12H16F2N4O.2ClH/c1-18(2)8-3-4-10(15-6-8)17-11(19)9-5-12(13,14)7-16-9;;/h3-4,6,9,16H,5,7H2,1-2H3,(H,15,17,19);2*1H. The van der Waals surface area contributed by atoms with E-state index in [0.29, 0.717) is 5.82 Å². The van der Waals surface area contributed by atoms with Crippen molar-refractivity contribution in [3.05, 3.63) is 18.3 Å². The summed E-state index contributed by atoms with van der Waals surface area (Å²) < 4.78 is 25.9. The van der Waals surface area contributed by atoms with E-state index >= 15 is 0 Å². The normalized spacial score (nSPS) is 19.1. The van der Waals surface area contributed by atoms with E-state index < -0.39 is 30.8 Å². The van der Waals surface area contributed by atoms with Crippen molar-refractivity contribution in [2.45, 2.75) is 18.4 Å². The third-order valence-corrected chi connectivity index (χ3v) is 2.94. The molecule has 1 aromatic heterocycles. The summed E-state index contributed by atoms with van der Waals surface area (Å²) in [5.41, 5.74) is 0.892. The van der Waals surface area contributed by atoms with E-state index in [1.165, 1.54) is 0 Å². The minimum atomic E-state index is -2.82. The van der Waals surface area contributed by atoms with Crippen molar-refractivity contribution in [2.75, 3.05) is 30.9 Å². The number of pyridine rings is 1. The van der Waals surface area contributed by atoms with Crippen LogP contribution < -0.4 is 15.5 Å². The van der Waals surface area contributed by atoms with E-state index in [1.54, 1.807) is 18.3 Å². The zero-order valence-corrected chi connectivity index (χ0v) is 13.2. The Kier molecular flexibility index (Phi) is 7.29. The first-order valence-corrected chi connectivity index (χ1v) is 5.93. The summed E-state index contributed by atoms with van der Waals surface area (Å²) >= 11 is 0. The van der Waals surface area contributed by atoms with Crippen LogP contribution in [0.3, 0.4) is 0 Å². The van der Waals surface area contributed by atoms with Crippen molar-refractivity contribution in [1.82, 2.24) is 10.3 Å². The van der Waals surface area contributed by atoms with Crippen molar-refractivity contribution in [1.29, 1.82) is 0 Å². The van der Waals surface area contributed by atoms with E-state index in [0.717, 1.165) is 5.69 Å². The van der Waals surface area contributed by atoms with Gasteiger partial charge in [-0.05, 0) is 12.1 Å². The molecule has 21 heavy (non-hydrogen) atoms. The average Bonchev–Trinajstić information content (AvgIpc) is 2.70. The summed E-state index contributed by atoms with van der Waals surface area (Å²) in [6.45, 7) is -0.460. The summed E-state index contributed by atoms with van der Waals surface area (Å²) in [4.78, 5) is 17.7. The lowest BCUT2D eigenvalue weighted by Crippen LogP contribution is -2.35. The molecule has 1 aromatic rings. The van der Waals surface area contributed by atoms with Gasteiger partial charge in [-0.15, -0.1) is 24.8 Å². The Bertz CT molecular complexity index is 471. The van der Waals surface area contributed by atoms with Crippen molar-refractivity contribution < 1.29 is 13.6 Å². The smallest absolute Gasteiger partial charge is 0.262 e. The molecule has 0 radical (unpaired) electrons. The summed E-state index contributed by atoms with van der Waals surface area (Å²) in [5.74, 6) is -2.94. The van der Waals surface area contributed by atoms with Gasteiger partial charge in [0.15, 0.2) is 0 Å².